The number of carboxylic acids is 1. The van der Waals surface area contributed by atoms with Gasteiger partial charge in [-0.05, 0) is 17.9 Å². The summed E-state index contributed by atoms with van der Waals surface area (Å²) in [7, 11) is -3.80. The number of nitrogens with two attached hydrogens (primary N) is 1. The standard InChI is InChI=1S/C20H29N3O7S/c1-13(2)15(10-18(21)25)20(28)23-16(11-19(26)27)17(24)12-22-31(29,30)9-8-14-6-4-3-5-7-14/h3-7,13,15-16,22H,8-12H2,1-2H3,(H2,21,25)(H,23,28)(H,26,27). The Balaban J connectivity index is 2.75. The molecular formula is C20H29N3O7S. The maximum atomic E-state index is 12.5. The lowest BCUT2D eigenvalue weighted by Crippen LogP contribution is -2.49. The first-order valence-corrected chi connectivity index (χ1v) is 11.4. The van der Waals surface area contributed by atoms with Gasteiger partial charge in [0.05, 0.1) is 24.8 Å². The van der Waals surface area contributed by atoms with Gasteiger partial charge in [-0.1, -0.05) is 44.2 Å². The highest BCUT2D eigenvalue weighted by molar-refractivity contribution is 7.89. The van der Waals surface area contributed by atoms with Gasteiger partial charge in [0.15, 0.2) is 5.78 Å². The van der Waals surface area contributed by atoms with Crippen molar-refractivity contribution in [2.45, 2.75) is 39.2 Å². The summed E-state index contributed by atoms with van der Waals surface area (Å²) in [5, 5.41) is 11.4. The van der Waals surface area contributed by atoms with E-state index in [9.17, 15) is 27.6 Å². The third-order valence-corrected chi connectivity index (χ3v) is 5.94. The van der Waals surface area contributed by atoms with Crippen LogP contribution in [-0.4, -0.2) is 55.4 Å². The lowest BCUT2D eigenvalue weighted by Gasteiger charge is -2.23. The summed E-state index contributed by atoms with van der Waals surface area (Å²) in [4.78, 5) is 47.2. The van der Waals surface area contributed by atoms with E-state index in [1.165, 1.54) is 0 Å². The average molecular weight is 456 g/mol. The fourth-order valence-electron chi connectivity index (χ4n) is 2.82. The van der Waals surface area contributed by atoms with Crippen molar-refractivity contribution >= 4 is 33.6 Å². The second kappa shape index (κ2) is 12.2. The molecule has 1 aromatic rings. The van der Waals surface area contributed by atoms with E-state index in [0.717, 1.165) is 5.56 Å². The molecule has 0 saturated carbocycles. The van der Waals surface area contributed by atoms with Gasteiger partial charge < -0.3 is 16.2 Å². The van der Waals surface area contributed by atoms with Crippen LogP contribution in [0.5, 0.6) is 0 Å². The summed E-state index contributed by atoms with van der Waals surface area (Å²) in [6.07, 6.45) is -0.746. The van der Waals surface area contributed by atoms with Gasteiger partial charge in [-0.2, -0.15) is 0 Å². The van der Waals surface area contributed by atoms with Crippen molar-refractivity contribution in [3.63, 3.8) is 0 Å². The van der Waals surface area contributed by atoms with Crippen LogP contribution < -0.4 is 15.8 Å². The number of amides is 2. The molecule has 172 valence electrons. The Morgan fingerprint density at radius 2 is 1.68 bits per heavy atom. The minimum absolute atomic E-state index is 0.239. The molecule has 0 aromatic heterocycles. The molecule has 11 heteroatoms. The maximum absolute atomic E-state index is 12.5. The zero-order valence-electron chi connectivity index (χ0n) is 17.5. The van der Waals surface area contributed by atoms with Gasteiger partial charge in [0.2, 0.25) is 21.8 Å². The number of primary amides is 1. The Morgan fingerprint density at radius 1 is 1.06 bits per heavy atom. The minimum Gasteiger partial charge on any atom is -0.481 e. The predicted molar refractivity (Wildman–Crippen MR) is 113 cm³/mol. The van der Waals surface area contributed by atoms with Crippen LogP contribution in [0.3, 0.4) is 0 Å². The van der Waals surface area contributed by atoms with Crippen LogP contribution in [0.2, 0.25) is 0 Å². The first-order chi connectivity index (χ1) is 14.4. The summed E-state index contributed by atoms with van der Waals surface area (Å²) in [5.74, 6) is -4.94. The highest BCUT2D eigenvalue weighted by Gasteiger charge is 2.30. The number of carbonyl (C=O) groups excluding carboxylic acids is 3. The van der Waals surface area contributed by atoms with E-state index in [-0.39, 0.29) is 24.5 Å². The van der Waals surface area contributed by atoms with Crippen molar-refractivity contribution in [1.29, 1.82) is 0 Å². The molecule has 2 unspecified atom stereocenters. The normalized spacial score (nSPS) is 13.4. The molecule has 0 spiro atoms. The van der Waals surface area contributed by atoms with Crippen molar-refractivity contribution in [3.8, 4) is 0 Å². The molecule has 31 heavy (non-hydrogen) atoms. The number of hydrogen-bond acceptors (Lipinski definition) is 6. The Morgan fingerprint density at radius 3 is 2.19 bits per heavy atom. The predicted octanol–water partition coefficient (Wildman–Crippen LogP) is -0.175. The van der Waals surface area contributed by atoms with Crippen molar-refractivity contribution in [2.24, 2.45) is 17.6 Å². The van der Waals surface area contributed by atoms with Crippen LogP contribution in [0.25, 0.3) is 0 Å². The third kappa shape index (κ3) is 10.2. The van der Waals surface area contributed by atoms with Crippen molar-refractivity contribution in [2.75, 3.05) is 12.3 Å². The number of aryl methyl sites for hydroxylation is 1. The number of nitrogens with one attached hydrogen (secondary N) is 2. The molecule has 2 atom stereocenters. The number of carboxylic acid groups (broad SMARTS) is 1. The second-order valence-electron chi connectivity index (χ2n) is 7.52. The van der Waals surface area contributed by atoms with E-state index < -0.39 is 58.5 Å². The summed E-state index contributed by atoms with van der Waals surface area (Å²) >= 11 is 0. The van der Waals surface area contributed by atoms with E-state index in [2.05, 4.69) is 10.0 Å². The van der Waals surface area contributed by atoms with Crippen LogP contribution in [0, 0.1) is 11.8 Å². The molecule has 0 saturated heterocycles. The number of hydrogen-bond donors (Lipinski definition) is 4. The maximum Gasteiger partial charge on any atom is 0.305 e. The SMILES string of the molecule is CC(C)C(CC(N)=O)C(=O)NC(CC(=O)O)C(=O)CNS(=O)(=O)CCc1ccccc1. The average Bonchev–Trinajstić information content (AvgIpc) is 2.68. The molecule has 10 nitrogen and oxygen atoms in total. The van der Waals surface area contributed by atoms with Crippen molar-refractivity contribution < 1.29 is 32.7 Å². The molecule has 0 aliphatic carbocycles. The first kappa shape index (κ1) is 26.2. The number of benzene rings is 1. The molecule has 1 aromatic carbocycles. The van der Waals surface area contributed by atoms with Gasteiger partial charge in [-0.25, -0.2) is 13.1 Å². The Hall–Kier alpha value is -2.79. The first-order valence-electron chi connectivity index (χ1n) is 9.75. The minimum atomic E-state index is -3.80. The molecule has 0 bridgehead atoms. The number of carbonyl (C=O) groups is 4. The van der Waals surface area contributed by atoms with Crippen LogP contribution in [0.4, 0.5) is 0 Å². The molecule has 0 aliphatic rings. The van der Waals surface area contributed by atoms with Crippen molar-refractivity contribution in [3.05, 3.63) is 35.9 Å². The Kier molecular flexibility index (Phi) is 10.3. The largest absolute Gasteiger partial charge is 0.481 e. The number of aliphatic carboxylic acids is 1. The third-order valence-electron chi connectivity index (χ3n) is 4.62. The number of ketones is 1. The molecule has 1 rings (SSSR count). The van der Waals surface area contributed by atoms with Gasteiger partial charge in [-0.15, -0.1) is 0 Å². The molecule has 5 N–H and O–H groups in total. The highest BCUT2D eigenvalue weighted by atomic mass is 32.2. The zero-order chi connectivity index (χ0) is 23.6. The number of sulfonamides is 1. The topological polar surface area (TPSA) is 173 Å². The van der Waals surface area contributed by atoms with Gasteiger partial charge in [0, 0.05) is 12.3 Å². The molecule has 0 radical (unpaired) electrons. The number of Topliss-reactive ketones (excluding diaryl/α,β-unsaturated/α-hetero) is 1. The molecule has 0 heterocycles. The highest BCUT2D eigenvalue weighted by Crippen LogP contribution is 2.16. The van der Waals surface area contributed by atoms with E-state index >= 15 is 0 Å². The monoisotopic (exact) mass is 455 g/mol. The smallest absolute Gasteiger partial charge is 0.305 e. The summed E-state index contributed by atoms with van der Waals surface area (Å²) in [5.41, 5.74) is 5.96. The summed E-state index contributed by atoms with van der Waals surface area (Å²) < 4.78 is 26.5. The van der Waals surface area contributed by atoms with Crippen LogP contribution in [0.1, 0.15) is 32.3 Å². The van der Waals surface area contributed by atoms with Crippen LogP contribution in [-0.2, 0) is 35.6 Å². The summed E-state index contributed by atoms with van der Waals surface area (Å²) in [6.45, 7) is 2.70. The van der Waals surface area contributed by atoms with Gasteiger partial charge in [0.1, 0.15) is 0 Å². The molecule has 0 aliphatic heterocycles. The summed E-state index contributed by atoms with van der Waals surface area (Å²) in [6, 6.07) is 7.46. The van der Waals surface area contributed by atoms with E-state index in [1.54, 1.807) is 44.2 Å². The van der Waals surface area contributed by atoms with Gasteiger partial charge in [0.25, 0.3) is 0 Å². The molecule has 0 fully saturated rings. The Labute approximate surface area is 181 Å². The number of rotatable bonds is 14. The van der Waals surface area contributed by atoms with Gasteiger partial charge in [-0.3, -0.25) is 19.2 Å². The van der Waals surface area contributed by atoms with E-state index in [1.807, 2.05) is 0 Å². The lowest BCUT2D eigenvalue weighted by molar-refractivity contribution is -0.140. The molecular weight excluding hydrogens is 426 g/mol. The molecule has 2 amide bonds. The Bertz CT molecular complexity index is 885. The van der Waals surface area contributed by atoms with Crippen molar-refractivity contribution in [1.82, 2.24) is 10.0 Å². The fraction of sp³-hybridized carbons (Fsp3) is 0.500. The quantitative estimate of drug-likeness (QED) is 0.301. The van der Waals surface area contributed by atoms with Gasteiger partial charge >= 0.3 is 5.97 Å². The second-order valence-corrected chi connectivity index (χ2v) is 9.45. The fourth-order valence-corrected chi connectivity index (χ4v) is 3.83. The lowest BCUT2D eigenvalue weighted by atomic mass is 9.90. The zero-order valence-corrected chi connectivity index (χ0v) is 18.4. The van der Waals surface area contributed by atoms with Crippen LogP contribution in [0.15, 0.2) is 30.3 Å². The van der Waals surface area contributed by atoms with E-state index in [4.69, 9.17) is 10.8 Å². The van der Waals surface area contributed by atoms with Crippen LogP contribution >= 0.6 is 0 Å². The van der Waals surface area contributed by atoms with E-state index in [0.29, 0.717) is 0 Å².